The summed E-state index contributed by atoms with van der Waals surface area (Å²) in [5, 5.41) is 0. The molecule has 0 saturated carbocycles. The van der Waals surface area contributed by atoms with E-state index in [0.29, 0.717) is 5.69 Å². The summed E-state index contributed by atoms with van der Waals surface area (Å²) in [7, 11) is 0. The molecule has 0 aliphatic rings. The van der Waals surface area contributed by atoms with E-state index in [2.05, 4.69) is 9.97 Å². The zero-order valence-electron chi connectivity index (χ0n) is 7.74. The molecule has 0 fully saturated rings. The Morgan fingerprint density at radius 3 is 2.85 bits per heavy atom. The van der Waals surface area contributed by atoms with E-state index in [1.807, 2.05) is 26.0 Å². The molecule has 0 amide bonds. The molecule has 0 saturated heterocycles. The molecular formula is C10H12N2O. The molecular weight excluding hydrogens is 164 g/mol. The molecule has 13 heavy (non-hydrogen) atoms. The highest BCUT2D eigenvalue weighted by Gasteiger charge is 1.97. The smallest absolute Gasteiger partial charge is 0.166 e. The van der Waals surface area contributed by atoms with Crippen LogP contribution in [0.5, 0.6) is 0 Å². The summed E-state index contributed by atoms with van der Waals surface area (Å²) in [6.07, 6.45) is 2.48. The fourth-order valence-corrected chi connectivity index (χ4v) is 1.04. The van der Waals surface area contributed by atoms with Crippen molar-refractivity contribution in [2.75, 3.05) is 0 Å². The molecule has 0 aromatic carbocycles. The first-order valence-corrected chi connectivity index (χ1v) is 4.29. The highest BCUT2D eigenvalue weighted by molar-refractivity contribution is 5.84. The Kier molecular flexibility index (Phi) is 3.20. The lowest BCUT2D eigenvalue weighted by Crippen LogP contribution is -1.74. The molecule has 3 heteroatoms. The van der Waals surface area contributed by atoms with Crippen LogP contribution in [0.3, 0.4) is 0 Å². The van der Waals surface area contributed by atoms with Crippen LogP contribution in [-0.4, -0.2) is 16.3 Å². The van der Waals surface area contributed by atoms with Crippen LogP contribution in [0, 0.1) is 0 Å². The van der Waals surface area contributed by atoms with Crippen molar-refractivity contribution in [2.45, 2.75) is 13.8 Å². The van der Waals surface area contributed by atoms with Crippen LogP contribution in [0.2, 0.25) is 0 Å². The average Bonchev–Trinajstić information content (AvgIpc) is 2.63. The van der Waals surface area contributed by atoms with Gasteiger partial charge >= 0.3 is 0 Å². The highest BCUT2D eigenvalue weighted by Crippen LogP contribution is 2.09. The van der Waals surface area contributed by atoms with Gasteiger partial charge in [-0.1, -0.05) is 13.8 Å². The summed E-state index contributed by atoms with van der Waals surface area (Å²) in [6, 6.07) is 5.44. The Balaban J connectivity index is 0.000000396. The SMILES string of the molecule is CC.O=Cc1cc2ncccc2[nH]1. The van der Waals surface area contributed by atoms with Gasteiger partial charge in [-0.2, -0.15) is 0 Å². The molecule has 0 aliphatic carbocycles. The van der Waals surface area contributed by atoms with E-state index in [1.165, 1.54) is 0 Å². The molecule has 2 aromatic heterocycles. The minimum absolute atomic E-state index is 0.568. The second-order valence-electron chi connectivity index (χ2n) is 2.28. The fourth-order valence-electron chi connectivity index (χ4n) is 1.04. The second kappa shape index (κ2) is 4.40. The number of carbonyl (C=O) groups excluding carboxylic acids is 1. The molecule has 1 N–H and O–H groups in total. The van der Waals surface area contributed by atoms with E-state index in [0.717, 1.165) is 17.3 Å². The van der Waals surface area contributed by atoms with E-state index < -0.39 is 0 Å². The molecule has 3 nitrogen and oxygen atoms in total. The standard InChI is InChI=1S/C8H6N2O.C2H6/c11-5-6-4-8-7(10-6)2-1-3-9-8;1-2/h1-5,10H;1-2H3. The van der Waals surface area contributed by atoms with Crippen LogP contribution in [0.1, 0.15) is 24.3 Å². The first kappa shape index (κ1) is 9.45. The molecule has 0 aliphatic heterocycles. The van der Waals surface area contributed by atoms with Crippen molar-refractivity contribution in [2.24, 2.45) is 0 Å². The maximum absolute atomic E-state index is 10.3. The van der Waals surface area contributed by atoms with Gasteiger partial charge in [0.2, 0.25) is 0 Å². The minimum Gasteiger partial charge on any atom is -0.351 e. The van der Waals surface area contributed by atoms with Gasteiger partial charge in [0.1, 0.15) is 0 Å². The molecule has 0 spiro atoms. The quantitative estimate of drug-likeness (QED) is 0.678. The number of H-pyrrole nitrogens is 1. The molecule has 0 atom stereocenters. The molecule has 2 aromatic rings. The number of nitrogens with one attached hydrogen (secondary N) is 1. The van der Waals surface area contributed by atoms with Gasteiger partial charge in [0.05, 0.1) is 16.7 Å². The number of aromatic nitrogens is 2. The van der Waals surface area contributed by atoms with Crippen molar-refractivity contribution in [1.29, 1.82) is 0 Å². The summed E-state index contributed by atoms with van der Waals surface area (Å²) in [4.78, 5) is 17.3. The van der Waals surface area contributed by atoms with Crippen molar-refractivity contribution in [1.82, 2.24) is 9.97 Å². The van der Waals surface area contributed by atoms with E-state index in [4.69, 9.17) is 0 Å². The van der Waals surface area contributed by atoms with Gasteiger partial charge in [-0.15, -0.1) is 0 Å². The fraction of sp³-hybridized carbons (Fsp3) is 0.200. The molecule has 0 bridgehead atoms. The number of carbonyl (C=O) groups is 1. The van der Waals surface area contributed by atoms with Gasteiger partial charge in [0, 0.05) is 6.20 Å². The number of aldehydes is 1. The van der Waals surface area contributed by atoms with Crippen LogP contribution < -0.4 is 0 Å². The molecule has 2 rings (SSSR count). The monoisotopic (exact) mass is 176 g/mol. The Bertz CT molecular complexity index is 359. The molecule has 0 unspecified atom stereocenters. The van der Waals surface area contributed by atoms with Gasteiger partial charge in [-0.3, -0.25) is 9.78 Å². The number of fused-ring (bicyclic) bond motifs is 1. The van der Waals surface area contributed by atoms with Crippen molar-refractivity contribution in [3.8, 4) is 0 Å². The van der Waals surface area contributed by atoms with Crippen molar-refractivity contribution in [3.05, 3.63) is 30.1 Å². The molecule has 0 radical (unpaired) electrons. The van der Waals surface area contributed by atoms with Crippen LogP contribution >= 0.6 is 0 Å². The number of nitrogens with zero attached hydrogens (tertiary/aromatic N) is 1. The van der Waals surface area contributed by atoms with Crippen LogP contribution in [0.25, 0.3) is 11.0 Å². The average molecular weight is 176 g/mol. The van der Waals surface area contributed by atoms with Gasteiger partial charge in [-0.25, -0.2) is 0 Å². The van der Waals surface area contributed by atoms with Crippen LogP contribution in [0.15, 0.2) is 24.4 Å². The maximum Gasteiger partial charge on any atom is 0.166 e. The summed E-state index contributed by atoms with van der Waals surface area (Å²) in [5.74, 6) is 0. The molecule has 2 heterocycles. The normalized spacial score (nSPS) is 9.08. The van der Waals surface area contributed by atoms with E-state index in [1.54, 1.807) is 12.3 Å². The summed E-state index contributed by atoms with van der Waals surface area (Å²) >= 11 is 0. The van der Waals surface area contributed by atoms with Crippen molar-refractivity contribution < 1.29 is 4.79 Å². The third-order valence-corrected chi connectivity index (χ3v) is 1.54. The van der Waals surface area contributed by atoms with Crippen LogP contribution in [0.4, 0.5) is 0 Å². The lowest BCUT2D eigenvalue weighted by molar-refractivity contribution is 0.112. The zero-order valence-corrected chi connectivity index (χ0v) is 7.74. The van der Waals surface area contributed by atoms with Gasteiger partial charge < -0.3 is 4.98 Å². The number of rotatable bonds is 1. The molecule has 68 valence electrons. The number of hydrogen-bond donors (Lipinski definition) is 1. The largest absolute Gasteiger partial charge is 0.351 e. The number of aromatic amines is 1. The Morgan fingerprint density at radius 1 is 1.46 bits per heavy atom. The van der Waals surface area contributed by atoms with E-state index >= 15 is 0 Å². The van der Waals surface area contributed by atoms with Crippen LogP contribution in [-0.2, 0) is 0 Å². The third kappa shape index (κ3) is 1.93. The Labute approximate surface area is 76.8 Å². The number of hydrogen-bond acceptors (Lipinski definition) is 2. The van der Waals surface area contributed by atoms with E-state index in [9.17, 15) is 4.79 Å². The Hall–Kier alpha value is -1.64. The topological polar surface area (TPSA) is 45.8 Å². The summed E-state index contributed by atoms with van der Waals surface area (Å²) < 4.78 is 0. The van der Waals surface area contributed by atoms with Crippen molar-refractivity contribution >= 4 is 17.3 Å². The highest BCUT2D eigenvalue weighted by atomic mass is 16.1. The number of pyridine rings is 1. The first-order valence-electron chi connectivity index (χ1n) is 4.29. The van der Waals surface area contributed by atoms with Gasteiger partial charge in [0.25, 0.3) is 0 Å². The predicted molar refractivity (Wildman–Crippen MR) is 52.8 cm³/mol. The maximum atomic E-state index is 10.3. The lowest BCUT2D eigenvalue weighted by Gasteiger charge is -1.82. The van der Waals surface area contributed by atoms with Crippen molar-refractivity contribution in [3.63, 3.8) is 0 Å². The van der Waals surface area contributed by atoms with Gasteiger partial charge in [0.15, 0.2) is 6.29 Å². The van der Waals surface area contributed by atoms with E-state index in [-0.39, 0.29) is 0 Å². The second-order valence-corrected chi connectivity index (χ2v) is 2.28. The summed E-state index contributed by atoms with van der Waals surface area (Å²) in [6.45, 7) is 4.00. The van der Waals surface area contributed by atoms with Gasteiger partial charge in [-0.05, 0) is 18.2 Å². The minimum atomic E-state index is 0.568. The lowest BCUT2D eigenvalue weighted by atomic mass is 10.4. The third-order valence-electron chi connectivity index (χ3n) is 1.54. The Morgan fingerprint density at radius 2 is 2.23 bits per heavy atom. The predicted octanol–water partition coefficient (Wildman–Crippen LogP) is 2.40. The summed E-state index contributed by atoms with van der Waals surface area (Å²) in [5.41, 5.74) is 2.29. The zero-order chi connectivity index (χ0) is 9.68. The first-order chi connectivity index (χ1) is 6.40.